The molecule has 0 aliphatic carbocycles. The van der Waals surface area contributed by atoms with Crippen LogP contribution in [-0.4, -0.2) is 23.0 Å². The number of carbonyl (C=O) groups excluding carboxylic acids is 1. The van der Waals surface area contributed by atoms with E-state index in [-0.39, 0.29) is 11.5 Å². The van der Waals surface area contributed by atoms with Crippen LogP contribution in [0.15, 0.2) is 24.4 Å². The summed E-state index contributed by atoms with van der Waals surface area (Å²) in [5.41, 5.74) is 6.35. The standard InChI is InChI=1S/C12H9Cl2N3O2/c1-19-12(18)11-10(16-5-9(15)17-11)7-3-2-6(13)4-8(7)14/h2-5H,1H3,(H2,15,17). The number of rotatable bonds is 2. The number of benzene rings is 1. The molecular weight excluding hydrogens is 289 g/mol. The largest absolute Gasteiger partial charge is 0.464 e. The maximum Gasteiger partial charge on any atom is 0.359 e. The monoisotopic (exact) mass is 297 g/mol. The Bertz CT molecular complexity index is 647. The number of carbonyl (C=O) groups is 1. The maximum absolute atomic E-state index is 11.7. The van der Waals surface area contributed by atoms with Gasteiger partial charge in [-0.25, -0.2) is 14.8 Å². The molecular formula is C12H9Cl2N3O2. The van der Waals surface area contributed by atoms with Gasteiger partial charge < -0.3 is 10.5 Å². The smallest absolute Gasteiger partial charge is 0.359 e. The zero-order valence-corrected chi connectivity index (χ0v) is 11.4. The molecule has 5 nitrogen and oxygen atoms in total. The summed E-state index contributed by atoms with van der Waals surface area (Å²) >= 11 is 11.9. The predicted molar refractivity (Wildman–Crippen MR) is 73.2 cm³/mol. The fourth-order valence-electron chi connectivity index (χ4n) is 1.52. The second-order valence-electron chi connectivity index (χ2n) is 3.61. The lowest BCUT2D eigenvalue weighted by Crippen LogP contribution is -2.10. The Morgan fingerprint density at radius 2 is 2.11 bits per heavy atom. The van der Waals surface area contributed by atoms with Crippen molar-refractivity contribution in [3.8, 4) is 11.3 Å². The molecule has 98 valence electrons. The van der Waals surface area contributed by atoms with E-state index in [1.807, 2.05) is 0 Å². The number of methoxy groups -OCH3 is 1. The van der Waals surface area contributed by atoms with Crippen molar-refractivity contribution in [3.05, 3.63) is 40.1 Å². The van der Waals surface area contributed by atoms with E-state index in [4.69, 9.17) is 28.9 Å². The first-order valence-electron chi connectivity index (χ1n) is 5.19. The van der Waals surface area contributed by atoms with Crippen molar-refractivity contribution >= 4 is 35.0 Å². The van der Waals surface area contributed by atoms with Gasteiger partial charge in [-0.3, -0.25) is 0 Å². The molecule has 19 heavy (non-hydrogen) atoms. The first-order valence-corrected chi connectivity index (χ1v) is 5.94. The van der Waals surface area contributed by atoms with E-state index in [2.05, 4.69) is 14.7 Å². The van der Waals surface area contributed by atoms with Crippen LogP contribution in [0.2, 0.25) is 10.0 Å². The number of aromatic nitrogens is 2. The number of halogens is 2. The Morgan fingerprint density at radius 3 is 2.74 bits per heavy atom. The Labute approximate surface area is 119 Å². The molecule has 2 rings (SSSR count). The number of esters is 1. The van der Waals surface area contributed by atoms with Crippen LogP contribution in [0.4, 0.5) is 5.82 Å². The highest BCUT2D eigenvalue weighted by Gasteiger charge is 2.19. The zero-order chi connectivity index (χ0) is 14.0. The third-order valence-electron chi connectivity index (χ3n) is 2.36. The molecule has 0 saturated heterocycles. The van der Waals surface area contributed by atoms with E-state index in [9.17, 15) is 4.79 Å². The molecule has 0 saturated carbocycles. The summed E-state index contributed by atoms with van der Waals surface area (Å²) in [6.07, 6.45) is 1.34. The number of nitrogen functional groups attached to an aromatic ring is 1. The number of nitrogens with two attached hydrogens (primary N) is 1. The van der Waals surface area contributed by atoms with E-state index >= 15 is 0 Å². The van der Waals surface area contributed by atoms with E-state index in [1.54, 1.807) is 18.2 Å². The van der Waals surface area contributed by atoms with Crippen LogP contribution in [0.3, 0.4) is 0 Å². The minimum Gasteiger partial charge on any atom is -0.464 e. The third kappa shape index (κ3) is 2.77. The van der Waals surface area contributed by atoms with E-state index in [0.29, 0.717) is 21.3 Å². The highest BCUT2D eigenvalue weighted by atomic mass is 35.5. The van der Waals surface area contributed by atoms with Crippen LogP contribution >= 0.6 is 23.2 Å². The molecule has 2 N–H and O–H groups in total. The van der Waals surface area contributed by atoms with Crippen molar-refractivity contribution in [1.29, 1.82) is 0 Å². The number of ether oxygens (including phenoxy) is 1. The summed E-state index contributed by atoms with van der Waals surface area (Å²) in [5, 5.41) is 0.841. The van der Waals surface area contributed by atoms with Gasteiger partial charge in [0.25, 0.3) is 0 Å². The average molecular weight is 298 g/mol. The molecule has 0 bridgehead atoms. The van der Waals surface area contributed by atoms with Crippen LogP contribution in [0, 0.1) is 0 Å². The lowest BCUT2D eigenvalue weighted by molar-refractivity contribution is 0.0594. The molecule has 0 radical (unpaired) electrons. The quantitative estimate of drug-likeness (QED) is 0.862. The first kappa shape index (κ1) is 13.6. The van der Waals surface area contributed by atoms with Crippen molar-refractivity contribution < 1.29 is 9.53 Å². The second kappa shape index (κ2) is 5.42. The number of hydrogen-bond acceptors (Lipinski definition) is 5. The lowest BCUT2D eigenvalue weighted by atomic mass is 10.1. The summed E-state index contributed by atoms with van der Waals surface area (Å²) in [4.78, 5) is 19.7. The highest BCUT2D eigenvalue weighted by Crippen LogP contribution is 2.31. The molecule has 0 unspecified atom stereocenters. The van der Waals surface area contributed by atoms with Crippen LogP contribution < -0.4 is 5.73 Å². The molecule has 0 aliphatic rings. The van der Waals surface area contributed by atoms with Crippen molar-refractivity contribution in [3.63, 3.8) is 0 Å². The molecule has 0 atom stereocenters. The van der Waals surface area contributed by atoms with Gasteiger partial charge in [0.15, 0.2) is 5.69 Å². The average Bonchev–Trinajstić information content (AvgIpc) is 2.38. The number of anilines is 1. The summed E-state index contributed by atoms with van der Waals surface area (Å²) in [6.45, 7) is 0. The van der Waals surface area contributed by atoms with Crippen molar-refractivity contribution in [2.24, 2.45) is 0 Å². The molecule has 0 fully saturated rings. The number of nitrogens with zero attached hydrogens (tertiary/aromatic N) is 2. The first-order chi connectivity index (χ1) is 9.02. The Balaban J connectivity index is 2.64. The van der Waals surface area contributed by atoms with Gasteiger partial charge in [0.2, 0.25) is 0 Å². The molecule has 0 spiro atoms. The molecule has 0 aliphatic heterocycles. The summed E-state index contributed by atoms with van der Waals surface area (Å²) in [7, 11) is 1.25. The van der Waals surface area contributed by atoms with E-state index in [0.717, 1.165) is 0 Å². The van der Waals surface area contributed by atoms with Gasteiger partial charge in [-0.1, -0.05) is 23.2 Å². The SMILES string of the molecule is COC(=O)c1nc(N)cnc1-c1ccc(Cl)cc1Cl. The van der Waals surface area contributed by atoms with Crippen LogP contribution in [0.5, 0.6) is 0 Å². The lowest BCUT2D eigenvalue weighted by Gasteiger charge is -2.08. The van der Waals surface area contributed by atoms with Crippen molar-refractivity contribution in [2.75, 3.05) is 12.8 Å². The Kier molecular flexibility index (Phi) is 3.87. The molecule has 1 heterocycles. The fourth-order valence-corrected chi connectivity index (χ4v) is 2.02. The van der Waals surface area contributed by atoms with Crippen molar-refractivity contribution in [1.82, 2.24) is 9.97 Å². The van der Waals surface area contributed by atoms with E-state index in [1.165, 1.54) is 13.3 Å². The van der Waals surface area contributed by atoms with Gasteiger partial charge in [0, 0.05) is 10.6 Å². The van der Waals surface area contributed by atoms with Gasteiger partial charge in [-0.05, 0) is 18.2 Å². The number of hydrogen-bond donors (Lipinski definition) is 1. The van der Waals surface area contributed by atoms with Gasteiger partial charge in [-0.15, -0.1) is 0 Å². The molecule has 1 aromatic carbocycles. The van der Waals surface area contributed by atoms with Gasteiger partial charge >= 0.3 is 5.97 Å². The van der Waals surface area contributed by atoms with Gasteiger partial charge in [0.1, 0.15) is 11.5 Å². The predicted octanol–water partition coefficient (Wildman–Crippen LogP) is 2.82. The van der Waals surface area contributed by atoms with E-state index < -0.39 is 5.97 Å². The topological polar surface area (TPSA) is 78.1 Å². The maximum atomic E-state index is 11.7. The van der Waals surface area contributed by atoms with Gasteiger partial charge in [-0.2, -0.15) is 0 Å². The molecule has 1 aromatic heterocycles. The zero-order valence-electron chi connectivity index (χ0n) is 9.85. The summed E-state index contributed by atoms with van der Waals surface area (Å²) < 4.78 is 4.65. The van der Waals surface area contributed by atoms with Crippen LogP contribution in [0.25, 0.3) is 11.3 Å². The minimum atomic E-state index is -0.638. The highest BCUT2D eigenvalue weighted by molar-refractivity contribution is 6.36. The molecule has 0 amide bonds. The van der Waals surface area contributed by atoms with Crippen molar-refractivity contribution in [2.45, 2.75) is 0 Å². The fraction of sp³-hybridized carbons (Fsp3) is 0.0833. The second-order valence-corrected chi connectivity index (χ2v) is 4.45. The van der Waals surface area contributed by atoms with Gasteiger partial charge in [0.05, 0.1) is 18.3 Å². The normalized spacial score (nSPS) is 10.3. The summed E-state index contributed by atoms with van der Waals surface area (Å²) in [6, 6.07) is 4.84. The van der Waals surface area contributed by atoms with Crippen LogP contribution in [0.1, 0.15) is 10.5 Å². The molecule has 7 heteroatoms. The molecule has 2 aromatic rings. The Hall–Kier alpha value is -1.85. The van der Waals surface area contributed by atoms with Crippen LogP contribution in [-0.2, 0) is 4.74 Å². The Morgan fingerprint density at radius 1 is 1.37 bits per heavy atom. The minimum absolute atomic E-state index is 0.00622. The third-order valence-corrected chi connectivity index (χ3v) is 2.90. The summed E-state index contributed by atoms with van der Waals surface area (Å²) in [5.74, 6) is -0.518.